The van der Waals surface area contributed by atoms with Crippen LogP contribution in [0.3, 0.4) is 0 Å². The van der Waals surface area contributed by atoms with Gasteiger partial charge in [-0.2, -0.15) is 0 Å². The molecule has 19 heavy (non-hydrogen) atoms. The van der Waals surface area contributed by atoms with E-state index in [1.54, 1.807) is 0 Å². The fourth-order valence-electron chi connectivity index (χ4n) is 1.97. The number of Topliss-reactive ketones (excluding diaryl/α,β-unsaturated/α-hetero) is 1. The van der Waals surface area contributed by atoms with Crippen LogP contribution in [0, 0.1) is 11.3 Å². The summed E-state index contributed by atoms with van der Waals surface area (Å²) >= 11 is 0. The molecule has 1 aromatic rings. The second kappa shape index (κ2) is 6.33. The smallest absolute Gasteiger partial charge is 0.164 e. The predicted octanol–water partition coefficient (Wildman–Crippen LogP) is 3.83. The molecule has 0 aliphatic rings. The summed E-state index contributed by atoms with van der Waals surface area (Å²) in [5.41, 5.74) is 8.07. The minimum absolute atomic E-state index is 0.0365. The largest absolute Gasteiger partial charge is 0.327 e. The molecule has 0 aromatic heterocycles. The van der Waals surface area contributed by atoms with Gasteiger partial charge in [0.15, 0.2) is 5.78 Å². The Morgan fingerprint density at radius 3 is 2.42 bits per heavy atom. The third-order valence-corrected chi connectivity index (χ3v) is 3.41. The molecule has 1 unspecified atom stereocenters. The van der Waals surface area contributed by atoms with Crippen molar-refractivity contribution in [1.82, 2.24) is 0 Å². The van der Waals surface area contributed by atoms with Crippen LogP contribution >= 0.6 is 0 Å². The Bertz CT molecular complexity index is 429. The number of carbonyl (C=O) groups is 1. The monoisotopic (exact) mass is 261 g/mol. The van der Waals surface area contributed by atoms with Gasteiger partial charge in [0.05, 0.1) is 0 Å². The maximum atomic E-state index is 12.3. The van der Waals surface area contributed by atoms with E-state index in [0.29, 0.717) is 12.3 Å². The molecule has 1 aromatic carbocycles. The molecule has 0 aliphatic heterocycles. The van der Waals surface area contributed by atoms with E-state index in [-0.39, 0.29) is 17.2 Å². The molecule has 0 heterocycles. The summed E-state index contributed by atoms with van der Waals surface area (Å²) in [5, 5.41) is 0. The second-order valence-corrected chi connectivity index (χ2v) is 6.90. The van der Waals surface area contributed by atoms with Crippen molar-refractivity contribution in [2.24, 2.45) is 17.1 Å². The lowest BCUT2D eigenvalue weighted by Crippen LogP contribution is -2.36. The highest BCUT2D eigenvalue weighted by molar-refractivity contribution is 5.96. The fraction of sp³-hybridized carbons (Fsp3) is 0.588. The van der Waals surface area contributed by atoms with Crippen LogP contribution in [-0.4, -0.2) is 11.8 Å². The zero-order valence-corrected chi connectivity index (χ0v) is 12.9. The molecular formula is C17H27NO. The molecule has 0 amide bonds. The second-order valence-electron chi connectivity index (χ2n) is 6.90. The standard InChI is InChI=1S/C17H27NO/c1-12(2)9-13-7-6-8-14(10-13)15(19)11-16(18)17(3,4)5/h6-8,10,12,16H,9,11,18H2,1-5H3. The molecule has 0 bridgehead atoms. The average molecular weight is 261 g/mol. The molecule has 0 saturated heterocycles. The first-order valence-electron chi connectivity index (χ1n) is 7.08. The van der Waals surface area contributed by atoms with Gasteiger partial charge < -0.3 is 5.73 Å². The molecule has 0 saturated carbocycles. The molecule has 2 N–H and O–H groups in total. The van der Waals surface area contributed by atoms with Crippen molar-refractivity contribution in [2.75, 3.05) is 0 Å². The summed E-state index contributed by atoms with van der Waals surface area (Å²) in [7, 11) is 0. The molecule has 106 valence electrons. The van der Waals surface area contributed by atoms with E-state index in [2.05, 4.69) is 40.7 Å². The van der Waals surface area contributed by atoms with Crippen LogP contribution in [0.5, 0.6) is 0 Å². The van der Waals surface area contributed by atoms with Crippen molar-refractivity contribution < 1.29 is 4.79 Å². The summed E-state index contributed by atoms with van der Waals surface area (Å²) in [6, 6.07) is 7.85. The topological polar surface area (TPSA) is 43.1 Å². The lowest BCUT2D eigenvalue weighted by atomic mass is 9.83. The van der Waals surface area contributed by atoms with Gasteiger partial charge >= 0.3 is 0 Å². The number of nitrogens with two attached hydrogens (primary N) is 1. The number of hydrogen-bond acceptors (Lipinski definition) is 2. The van der Waals surface area contributed by atoms with Crippen LogP contribution in [0.4, 0.5) is 0 Å². The van der Waals surface area contributed by atoms with E-state index in [1.165, 1.54) is 5.56 Å². The van der Waals surface area contributed by atoms with Crippen LogP contribution in [-0.2, 0) is 6.42 Å². The first-order valence-corrected chi connectivity index (χ1v) is 7.08. The van der Waals surface area contributed by atoms with Crippen molar-refractivity contribution in [1.29, 1.82) is 0 Å². The Hall–Kier alpha value is -1.15. The van der Waals surface area contributed by atoms with Gasteiger partial charge in [-0.3, -0.25) is 4.79 Å². The average Bonchev–Trinajstić information content (AvgIpc) is 2.27. The highest BCUT2D eigenvalue weighted by Gasteiger charge is 2.23. The lowest BCUT2D eigenvalue weighted by molar-refractivity contribution is 0.0953. The predicted molar refractivity (Wildman–Crippen MR) is 81.4 cm³/mol. The van der Waals surface area contributed by atoms with Gasteiger partial charge in [-0.1, -0.05) is 52.8 Å². The molecule has 2 nitrogen and oxygen atoms in total. The van der Waals surface area contributed by atoms with Crippen molar-refractivity contribution in [3.8, 4) is 0 Å². The maximum absolute atomic E-state index is 12.3. The first-order chi connectivity index (χ1) is 8.70. The van der Waals surface area contributed by atoms with Crippen molar-refractivity contribution in [3.63, 3.8) is 0 Å². The van der Waals surface area contributed by atoms with Crippen LogP contribution in [0.15, 0.2) is 24.3 Å². The Balaban J connectivity index is 2.77. The number of rotatable bonds is 5. The van der Waals surface area contributed by atoms with E-state index in [9.17, 15) is 4.79 Å². The van der Waals surface area contributed by atoms with Crippen LogP contribution in [0.2, 0.25) is 0 Å². The van der Waals surface area contributed by atoms with Crippen molar-refractivity contribution in [2.45, 2.75) is 53.5 Å². The van der Waals surface area contributed by atoms with Crippen LogP contribution in [0.25, 0.3) is 0 Å². The molecule has 1 rings (SSSR count). The van der Waals surface area contributed by atoms with Gasteiger partial charge in [0.1, 0.15) is 0 Å². The van der Waals surface area contributed by atoms with E-state index < -0.39 is 0 Å². The minimum Gasteiger partial charge on any atom is -0.327 e. The summed E-state index contributed by atoms with van der Waals surface area (Å²) in [4.78, 5) is 12.3. The zero-order valence-electron chi connectivity index (χ0n) is 12.9. The lowest BCUT2D eigenvalue weighted by Gasteiger charge is -2.26. The fourth-order valence-corrected chi connectivity index (χ4v) is 1.97. The Labute approximate surface area is 117 Å². The molecule has 2 heteroatoms. The van der Waals surface area contributed by atoms with Gasteiger partial charge in [-0.15, -0.1) is 0 Å². The van der Waals surface area contributed by atoms with Crippen molar-refractivity contribution in [3.05, 3.63) is 35.4 Å². The van der Waals surface area contributed by atoms with E-state index in [1.807, 2.05) is 18.2 Å². The van der Waals surface area contributed by atoms with Gasteiger partial charge in [0.25, 0.3) is 0 Å². The molecule has 0 spiro atoms. The number of hydrogen-bond donors (Lipinski definition) is 1. The van der Waals surface area contributed by atoms with Crippen LogP contribution < -0.4 is 5.73 Å². The zero-order chi connectivity index (χ0) is 14.6. The van der Waals surface area contributed by atoms with Crippen molar-refractivity contribution >= 4 is 5.78 Å². The van der Waals surface area contributed by atoms with Gasteiger partial charge in [0, 0.05) is 18.0 Å². The summed E-state index contributed by atoms with van der Waals surface area (Å²) in [6.45, 7) is 10.6. The third-order valence-electron chi connectivity index (χ3n) is 3.41. The third kappa shape index (κ3) is 5.15. The van der Waals surface area contributed by atoms with E-state index >= 15 is 0 Å². The summed E-state index contributed by atoms with van der Waals surface area (Å²) < 4.78 is 0. The highest BCUT2D eigenvalue weighted by Crippen LogP contribution is 2.21. The quantitative estimate of drug-likeness (QED) is 0.819. The molecule has 0 fully saturated rings. The number of ketones is 1. The Kier molecular flexibility index (Phi) is 5.30. The molecule has 0 radical (unpaired) electrons. The highest BCUT2D eigenvalue weighted by atomic mass is 16.1. The minimum atomic E-state index is -0.103. The molecular weight excluding hydrogens is 234 g/mol. The number of carbonyl (C=O) groups excluding carboxylic acids is 1. The van der Waals surface area contributed by atoms with Gasteiger partial charge in [-0.25, -0.2) is 0 Å². The summed E-state index contributed by atoms with van der Waals surface area (Å²) in [5.74, 6) is 0.746. The maximum Gasteiger partial charge on any atom is 0.164 e. The van der Waals surface area contributed by atoms with Gasteiger partial charge in [-0.05, 0) is 29.4 Å². The van der Waals surface area contributed by atoms with Crippen LogP contribution in [0.1, 0.15) is 57.0 Å². The molecule has 0 aliphatic carbocycles. The SMILES string of the molecule is CC(C)Cc1cccc(C(=O)CC(N)C(C)(C)C)c1. The normalized spacial score (nSPS) is 13.6. The van der Waals surface area contributed by atoms with E-state index in [4.69, 9.17) is 5.73 Å². The Morgan fingerprint density at radius 1 is 1.26 bits per heavy atom. The molecule has 1 atom stereocenters. The van der Waals surface area contributed by atoms with E-state index in [0.717, 1.165) is 12.0 Å². The first kappa shape index (κ1) is 15.9. The number of benzene rings is 1. The van der Waals surface area contributed by atoms with Gasteiger partial charge in [0.2, 0.25) is 0 Å². The Morgan fingerprint density at radius 2 is 1.89 bits per heavy atom. The summed E-state index contributed by atoms with van der Waals surface area (Å²) in [6.07, 6.45) is 1.42.